The Morgan fingerprint density at radius 1 is 0.938 bits per heavy atom. The lowest BCUT2D eigenvalue weighted by atomic mass is 9.94. The summed E-state index contributed by atoms with van der Waals surface area (Å²) in [5.41, 5.74) is 1.90. The smallest absolute Gasteiger partial charge is 0.253 e. The van der Waals surface area contributed by atoms with Gasteiger partial charge in [0.25, 0.3) is 5.91 Å². The fourth-order valence-electron chi connectivity index (χ4n) is 5.01. The molecule has 0 aromatic heterocycles. The summed E-state index contributed by atoms with van der Waals surface area (Å²) in [6.45, 7) is 3.39. The fourth-order valence-corrected chi connectivity index (χ4v) is 5.13. The highest BCUT2D eigenvalue weighted by Gasteiger charge is 2.37. The van der Waals surface area contributed by atoms with Crippen LogP contribution in [0.2, 0.25) is 5.02 Å². The van der Waals surface area contributed by atoms with Gasteiger partial charge in [-0.05, 0) is 55.0 Å². The second-order valence-electron chi connectivity index (χ2n) is 8.85. The Kier molecular flexibility index (Phi) is 7.82. The molecule has 170 valence electrons. The van der Waals surface area contributed by atoms with Crippen molar-refractivity contribution in [2.45, 2.75) is 38.1 Å². The van der Waals surface area contributed by atoms with Crippen LogP contribution in [-0.4, -0.2) is 60.4 Å². The van der Waals surface area contributed by atoms with Gasteiger partial charge >= 0.3 is 0 Å². The summed E-state index contributed by atoms with van der Waals surface area (Å²) in [6, 6.07) is 17.2. The average molecular weight is 454 g/mol. The first-order valence-electron chi connectivity index (χ1n) is 11.7. The number of halogens is 1. The number of carbonyl (C=O) groups is 2. The van der Waals surface area contributed by atoms with E-state index in [1.54, 1.807) is 24.3 Å². The Morgan fingerprint density at radius 2 is 1.59 bits per heavy atom. The van der Waals surface area contributed by atoms with Crippen molar-refractivity contribution >= 4 is 23.4 Å². The zero-order valence-electron chi connectivity index (χ0n) is 18.5. The van der Waals surface area contributed by atoms with Crippen LogP contribution in [-0.2, 0) is 11.2 Å². The number of amides is 2. The molecule has 2 amide bonds. The molecule has 1 heterocycles. The molecule has 1 saturated carbocycles. The number of rotatable bonds is 7. The van der Waals surface area contributed by atoms with Crippen LogP contribution in [0.25, 0.3) is 0 Å². The Hall–Kier alpha value is -2.37. The van der Waals surface area contributed by atoms with Crippen LogP contribution in [0.15, 0.2) is 54.6 Å². The van der Waals surface area contributed by atoms with Gasteiger partial charge in [0, 0.05) is 43.3 Å². The molecule has 0 radical (unpaired) electrons. The van der Waals surface area contributed by atoms with E-state index >= 15 is 0 Å². The Labute approximate surface area is 195 Å². The third-order valence-electron chi connectivity index (χ3n) is 6.76. The molecular weight excluding hydrogens is 422 g/mol. The molecule has 0 bridgehead atoms. The molecule has 32 heavy (non-hydrogen) atoms. The quantitative estimate of drug-likeness (QED) is 0.689. The number of nitrogens with zero attached hydrogens (tertiary/aromatic N) is 2. The zero-order chi connectivity index (χ0) is 22.3. The molecule has 1 unspecified atom stereocenters. The van der Waals surface area contributed by atoms with E-state index in [2.05, 4.69) is 22.3 Å². The van der Waals surface area contributed by atoms with Crippen LogP contribution in [0.1, 0.15) is 41.6 Å². The van der Waals surface area contributed by atoms with Crippen molar-refractivity contribution in [3.63, 3.8) is 0 Å². The highest BCUT2D eigenvalue weighted by Crippen LogP contribution is 2.31. The molecule has 5 nitrogen and oxygen atoms in total. The minimum atomic E-state index is -0.0962. The summed E-state index contributed by atoms with van der Waals surface area (Å²) in [5.74, 6) is 0.585. The molecule has 4 rings (SSSR count). The van der Waals surface area contributed by atoms with Crippen molar-refractivity contribution in [2.24, 2.45) is 5.92 Å². The van der Waals surface area contributed by atoms with Crippen LogP contribution in [0.5, 0.6) is 0 Å². The highest BCUT2D eigenvalue weighted by molar-refractivity contribution is 6.30. The third-order valence-corrected chi connectivity index (χ3v) is 7.01. The van der Waals surface area contributed by atoms with Gasteiger partial charge in [0.15, 0.2) is 0 Å². The SMILES string of the molecule is O=C(NCCc1ccccc1)C(C1CCCC1)N1CCN(C(=O)c2ccc(Cl)cc2)CC1. The van der Waals surface area contributed by atoms with Gasteiger partial charge in [0.2, 0.25) is 5.91 Å². The Balaban J connectivity index is 1.34. The third kappa shape index (κ3) is 5.70. The van der Waals surface area contributed by atoms with Crippen molar-refractivity contribution in [3.8, 4) is 0 Å². The molecule has 6 heteroatoms. The minimum Gasteiger partial charge on any atom is -0.354 e. The lowest BCUT2D eigenvalue weighted by molar-refractivity contribution is -0.129. The van der Waals surface area contributed by atoms with E-state index < -0.39 is 0 Å². The first-order valence-corrected chi connectivity index (χ1v) is 12.1. The van der Waals surface area contributed by atoms with Crippen LogP contribution in [0.4, 0.5) is 0 Å². The lowest BCUT2D eigenvalue weighted by Gasteiger charge is -2.40. The number of piperazine rings is 1. The predicted octanol–water partition coefficient (Wildman–Crippen LogP) is 4.02. The van der Waals surface area contributed by atoms with Gasteiger partial charge in [-0.2, -0.15) is 0 Å². The van der Waals surface area contributed by atoms with E-state index in [4.69, 9.17) is 11.6 Å². The van der Waals surface area contributed by atoms with Crippen LogP contribution in [0.3, 0.4) is 0 Å². The molecular formula is C26H32ClN3O2. The van der Waals surface area contributed by atoms with Gasteiger partial charge in [0.05, 0.1) is 6.04 Å². The number of hydrogen-bond donors (Lipinski definition) is 1. The number of hydrogen-bond acceptors (Lipinski definition) is 3. The van der Waals surface area contributed by atoms with Gasteiger partial charge < -0.3 is 10.2 Å². The first-order chi connectivity index (χ1) is 15.6. The van der Waals surface area contributed by atoms with Gasteiger partial charge in [0.1, 0.15) is 0 Å². The van der Waals surface area contributed by atoms with E-state index in [-0.39, 0.29) is 17.9 Å². The molecule has 1 N–H and O–H groups in total. The van der Waals surface area contributed by atoms with Crippen molar-refractivity contribution in [2.75, 3.05) is 32.7 Å². The number of carbonyl (C=O) groups excluding carboxylic acids is 2. The monoisotopic (exact) mass is 453 g/mol. The Morgan fingerprint density at radius 3 is 2.25 bits per heavy atom. The molecule has 2 aliphatic rings. The van der Waals surface area contributed by atoms with E-state index in [9.17, 15) is 9.59 Å². The topological polar surface area (TPSA) is 52.7 Å². The summed E-state index contributed by atoms with van der Waals surface area (Å²) in [4.78, 5) is 30.3. The van der Waals surface area contributed by atoms with E-state index in [0.717, 1.165) is 32.4 Å². The molecule has 1 atom stereocenters. The molecule has 2 aromatic carbocycles. The van der Waals surface area contributed by atoms with E-state index in [1.807, 2.05) is 23.1 Å². The van der Waals surface area contributed by atoms with Crippen molar-refractivity contribution in [1.82, 2.24) is 15.1 Å². The molecule has 1 aliphatic heterocycles. The molecule has 2 fully saturated rings. The van der Waals surface area contributed by atoms with E-state index in [1.165, 1.54) is 18.4 Å². The average Bonchev–Trinajstić information content (AvgIpc) is 3.35. The number of benzene rings is 2. The summed E-state index contributed by atoms with van der Waals surface area (Å²) in [5, 5.41) is 3.83. The minimum absolute atomic E-state index is 0.0334. The maximum absolute atomic E-state index is 13.2. The Bertz CT molecular complexity index is 889. The molecule has 2 aromatic rings. The highest BCUT2D eigenvalue weighted by atomic mass is 35.5. The zero-order valence-corrected chi connectivity index (χ0v) is 19.3. The van der Waals surface area contributed by atoms with Gasteiger partial charge in [-0.25, -0.2) is 0 Å². The second-order valence-corrected chi connectivity index (χ2v) is 9.29. The standard InChI is InChI=1S/C26H32ClN3O2/c27-23-12-10-22(11-13-23)26(32)30-18-16-29(17-19-30)24(21-8-4-5-9-21)25(31)28-15-14-20-6-2-1-3-7-20/h1-3,6-7,10-13,21,24H,4-5,8-9,14-19H2,(H,28,31). The first kappa shape index (κ1) is 22.8. The maximum Gasteiger partial charge on any atom is 0.253 e. The molecule has 0 spiro atoms. The van der Waals surface area contributed by atoms with Crippen LogP contribution < -0.4 is 5.32 Å². The lowest BCUT2D eigenvalue weighted by Crippen LogP contribution is -2.58. The fraction of sp³-hybridized carbons (Fsp3) is 0.462. The largest absolute Gasteiger partial charge is 0.354 e. The summed E-state index contributed by atoms with van der Waals surface area (Å²) >= 11 is 5.95. The van der Waals surface area contributed by atoms with Crippen molar-refractivity contribution in [3.05, 3.63) is 70.7 Å². The van der Waals surface area contributed by atoms with Gasteiger partial charge in [-0.3, -0.25) is 14.5 Å². The second kappa shape index (κ2) is 11.0. The molecule has 1 saturated heterocycles. The van der Waals surface area contributed by atoms with Crippen LogP contribution in [0, 0.1) is 5.92 Å². The molecule has 1 aliphatic carbocycles. The normalized spacial score (nSPS) is 18.5. The van der Waals surface area contributed by atoms with Crippen molar-refractivity contribution in [1.29, 1.82) is 0 Å². The van der Waals surface area contributed by atoms with Crippen molar-refractivity contribution < 1.29 is 9.59 Å². The van der Waals surface area contributed by atoms with Crippen LogP contribution >= 0.6 is 11.6 Å². The summed E-state index contributed by atoms with van der Waals surface area (Å²) in [6.07, 6.45) is 5.47. The predicted molar refractivity (Wildman–Crippen MR) is 128 cm³/mol. The number of nitrogens with one attached hydrogen (secondary N) is 1. The van der Waals surface area contributed by atoms with Gasteiger partial charge in [-0.1, -0.05) is 54.8 Å². The van der Waals surface area contributed by atoms with E-state index in [0.29, 0.717) is 36.1 Å². The summed E-state index contributed by atoms with van der Waals surface area (Å²) < 4.78 is 0. The maximum atomic E-state index is 13.2. The van der Waals surface area contributed by atoms with Gasteiger partial charge in [-0.15, -0.1) is 0 Å². The summed E-state index contributed by atoms with van der Waals surface area (Å²) in [7, 11) is 0.